The van der Waals surface area contributed by atoms with Crippen LogP contribution in [0.5, 0.6) is 5.75 Å². The standard InChI is InChI=1S/C9H10ClNO2/c1-4-3-6(9(11)13)8(12)7(10)5(4)2/h3,12H,1-2H3,(H2,11,13). The monoisotopic (exact) mass is 199 g/mol. The normalized spacial score (nSPS) is 10.1. The van der Waals surface area contributed by atoms with Crippen LogP contribution in [0, 0.1) is 13.8 Å². The maximum atomic E-state index is 10.8. The van der Waals surface area contributed by atoms with Crippen LogP contribution in [-0.4, -0.2) is 11.0 Å². The summed E-state index contributed by atoms with van der Waals surface area (Å²) in [5.74, 6) is -0.917. The van der Waals surface area contributed by atoms with E-state index in [0.29, 0.717) is 0 Å². The van der Waals surface area contributed by atoms with Crippen LogP contribution >= 0.6 is 11.6 Å². The van der Waals surface area contributed by atoms with Gasteiger partial charge in [-0.25, -0.2) is 0 Å². The molecule has 0 atom stereocenters. The molecule has 0 saturated heterocycles. The van der Waals surface area contributed by atoms with Crippen LogP contribution in [0.3, 0.4) is 0 Å². The second kappa shape index (κ2) is 3.26. The number of primary amides is 1. The Morgan fingerprint density at radius 2 is 2.08 bits per heavy atom. The van der Waals surface area contributed by atoms with Gasteiger partial charge in [0.2, 0.25) is 0 Å². The molecule has 0 unspecified atom stereocenters. The molecule has 0 spiro atoms. The number of amides is 1. The molecule has 0 aliphatic carbocycles. The van der Waals surface area contributed by atoms with Crippen LogP contribution in [0.25, 0.3) is 0 Å². The molecule has 1 aromatic carbocycles. The minimum absolute atomic E-state index is 0.0631. The van der Waals surface area contributed by atoms with E-state index in [0.717, 1.165) is 11.1 Å². The van der Waals surface area contributed by atoms with Gasteiger partial charge >= 0.3 is 0 Å². The fraction of sp³-hybridized carbons (Fsp3) is 0.222. The van der Waals surface area contributed by atoms with Gasteiger partial charge in [-0.15, -0.1) is 0 Å². The second-order valence-corrected chi connectivity index (χ2v) is 3.27. The summed E-state index contributed by atoms with van der Waals surface area (Å²) in [6.07, 6.45) is 0. The maximum absolute atomic E-state index is 10.8. The van der Waals surface area contributed by atoms with Crippen LogP contribution < -0.4 is 5.73 Å². The summed E-state index contributed by atoms with van der Waals surface area (Å²) in [6, 6.07) is 1.53. The summed E-state index contributed by atoms with van der Waals surface area (Å²) >= 11 is 5.77. The zero-order chi connectivity index (χ0) is 10.2. The van der Waals surface area contributed by atoms with Crippen molar-refractivity contribution >= 4 is 17.5 Å². The topological polar surface area (TPSA) is 63.3 Å². The van der Waals surface area contributed by atoms with Crippen molar-refractivity contribution in [3.8, 4) is 5.75 Å². The van der Waals surface area contributed by atoms with Crippen molar-refractivity contribution in [3.63, 3.8) is 0 Å². The molecule has 0 radical (unpaired) electrons. The van der Waals surface area contributed by atoms with Crippen molar-refractivity contribution in [2.24, 2.45) is 5.73 Å². The van der Waals surface area contributed by atoms with Gasteiger partial charge in [-0.05, 0) is 31.0 Å². The minimum Gasteiger partial charge on any atom is -0.506 e. The number of benzene rings is 1. The molecule has 1 rings (SSSR count). The van der Waals surface area contributed by atoms with Crippen LogP contribution in [0.4, 0.5) is 0 Å². The molecule has 3 nitrogen and oxygen atoms in total. The largest absolute Gasteiger partial charge is 0.506 e. The molecule has 3 N–H and O–H groups in total. The number of carbonyl (C=O) groups is 1. The summed E-state index contributed by atoms with van der Waals surface area (Å²) in [5.41, 5.74) is 6.69. The Morgan fingerprint density at radius 3 is 2.54 bits per heavy atom. The predicted molar refractivity (Wildman–Crippen MR) is 51.1 cm³/mol. The second-order valence-electron chi connectivity index (χ2n) is 2.89. The lowest BCUT2D eigenvalue weighted by Crippen LogP contribution is -2.11. The van der Waals surface area contributed by atoms with E-state index in [9.17, 15) is 9.90 Å². The highest BCUT2D eigenvalue weighted by molar-refractivity contribution is 6.33. The summed E-state index contributed by atoms with van der Waals surface area (Å²) in [4.78, 5) is 10.8. The van der Waals surface area contributed by atoms with Crippen LogP contribution in [0.1, 0.15) is 21.5 Å². The highest BCUT2D eigenvalue weighted by Gasteiger charge is 2.14. The van der Waals surface area contributed by atoms with Crippen LogP contribution in [-0.2, 0) is 0 Å². The number of aryl methyl sites for hydroxylation is 1. The molecule has 0 fully saturated rings. The van der Waals surface area contributed by atoms with Crippen molar-refractivity contribution in [2.45, 2.75) is 13.8 Å². The number of carbonyl (C=O) groups excluding carboxylic acids is 1. The van der Waals surface area contributed by atoms with Crippen molar-refractivity contribution in [2.75, 3.05) is 0 Å². The van der Waals surface area contributed by atoms with Crippen molar-refractivity contribution in [1.82, 2.24) is 0 Å². The van der Waals surface area contributed by atoms with Gasteiger partial charge in [-0.1, -0.05) is 11.6 Å². The highest BCUT2D eigenvalue weighted by Crippen LogP contribution is 2.32. The zero-order valence-corrected chi connectivity index (χ0v) is 8.14. The Bertz CT molecular complexity index is 374. The minimum atomic E-state index is -0.678. The third kappa shape index (κ3) is 1.60. The number of hydrogen-bond donors (Lipinski definition) is 2. The summed E-state index contributed by atoms with van der Waals surface area (Å²) < 4.78 is 0. The molecule has 0 bridgehead atoms. The maximum Gasteiger partial charge on any atom is 0.252 e. The van der Waals surface area contributed by atoms with Crippen molar-refractivity contribution in [3.05, 3.63) is 27.8 Å². The van der Waals surface area contributed by atoms with Crippen LogP contribution in [0.15, 0.2) is 6.07 Å². The number of phenols is 1. The zero-order valence-electron chi connectivity index (χ0n) is 7.39. The highest BCUT2D eigenvalue weighted by atomic mass is 35.5. The molecule has 70 valence electrons. The van der Waals surface area contributed by atoms with E-state index in [1.54, 1.807) is 13.8 Å². The number of nitrogens with two attached hydrogens (primary N) is 1. The molecule has 1 aromatic rings. The Kier molecular flexibility index (Phi) is 2.48. The SMILES string of the molecule is Cc1cc(C(N)=O)c(O)c(Cl)c1C. The summed E-state index contributed by atoms with van der Waals surface area (Å²) in [7, 11) is 0. The van der Waals surface area contributed by atoms with Gasteiger partial charge in [0.15, 0.2) is 0 Å². The van der Waals surface area contributed by atoms with Gasteiger partial charge in [0.05, 0.1) is 10.6 Å². The van der Waals surface area contributed by atoms with E-state index in [1.165, 1.54) is 6.07 Å². The first-order valence-electron chi connectivity index (χ1n) is 3.73. The molecule has 1 amide bonds. The quantitative estimate of drug-likeness (QED) is 0.724. The fourth-order valence-corrected chi connectivity index (χ4v) is 1.30. The van der Waals surface area contributed by atoms with Gasteiger partial charge in [-0.2, -0.15) is 0 Å². The average Bonchev–Trinajstić information content (AvgIpc) is 2.07. The lowest BCUT2D eigenvalue weighted by Gasteiger charge is -2.08. The first-order valence-corrected chi connectivity index (χ1v) is 4.11. The van der Waals surface area contributed by atoms with Gasteiger partial charge in [0, 0.05) is 0 Å². The number of rotatable bonds is 1. The molecule has 0 aromatic heterocycles. The third-order valence-electron chi connectivity index (χ3n) is 2.01. The molecular formula is C9H10ClNO2. The first-order chi connectivity index (χ1) is 5.95. The number of hydrogen-bond acceptors (Lipinski definition) is 2. The van der Waals surface area contributed by atoms with E-state index in [1.807, 2.05) is 0 Å². The van der Waals surface area contributed by atoms with Crippen molar-refractivity contribution < 1.29 is 9.90 Å². The van der Waals surface area contributed by atoms with E-state index < -0.39 is 5.91 Å². The smallest absolute Gasteiger partial charge is 0.252 e. The van der Waals surface area contributed by atoms with Crippen molar-refractivity contribution in [1.29, 1.82) is 0 Å². The van der Waals surface area contributed by atoms with E-state index >= 15 is 0 Å². The third-order valence-corrected chi connectivity index (χ3v) is 2.47. The fourth-order valence-electron chi connectivity index (χ4n) is 1.05. The first kappa shape index (κ1) is 9.86. The molecule has 0 saturated carbocycles. The number of aromatic hydroxyl groups is 1. The molecular weight excluding hydrogens is 190 g/mol. The number of halogens is 1. The van der Waals surface area contributed by atoms with E-state index in [2.05, 4.69) is 0 Å². The molecule has 4 heteroatoms. The molecule has 0 aliphatic rings. The van der Waals surface area contributed by atoms with Crippen LogP contribution in [0.2, 0.25) is 5.02 Å². The van der Waals surface area contributed by atoms with Gasteiger partial charge in [-0.3, -0.25) is 4.79 Å². The Morgan fingerprint density at radius 1 is 1.54 bits per heavy atom. The van der Waals surface area contributed by atoms with E-state index in [4.69, 9.17) is 17.3 Å². The molecule has 13 heavy (non-hydrogen) atoms. The lowest BCUT2D eigenvalue weighted by molar-refractivity contribution is 0.0997. The van der Waals surface area contributed by atoms with Gasteiger partial charge < -0.3 is 10.8 Å². The van der Waals surface area contributed by atoms with E-state index in [-0.39, 0.29) is 16.3 Å². The average molecular weight is 200 g/mol. The van der Waals surface area contributed by atoms with Gasteiger partial charge in [0.25, 0.3) is 5.91 Å². The Balaban J connectivity index is 3.50. The Labute approximate surface area is 81.1 Å². The summed E-state index contributed by atoms with van der Waals surface area (Å²) in [6.45, 7) is 3.56. The predicted octanol–water partition coefficient (Wildman–Crippen LogP) is 1.76. The summed E-state index contributed by atoms with van der Waals surface area (Å²) in [5, 5.41) is 9.63. The Hall–Kier alpha value is -1.22. The molecule has 0 aliphatic heterocycles. The molecule has 0 heterocycles. The lowest BCUT2D eigenvalue weighted by atomic mass is 10.0. The van der Waals surface area contributed by atoms with Gasteiger partial charge in [0.1, 0.15) is 5.75 Å².